The van der Waals surface area contributed by atoms with Gasteiger partial charge in [0.1, 0.15) is 5.52 Å². The summed E-state index contributed by atoms with van der Waals surface area (Å²) >= 11 is 3.51. The molecule has 0 aliphatic carbocycles. The Morgan fingerprint density at radius 3 is 2.54 bits per heavy atom. The van der Waals surface area contributed by atoms with Crippen molar-refractivity contribution in [1.29, 1.82) is 0 Å². The van der Waals surface area contributed by atoms with E-state index >= 15 is 0 Å². The second kappa shape index (κ2) is 6.63. The van der Waals surface area contributed by atoms with Gasteiger partial charge in [-0.2, -0.15) is 13.2 Å². The molecule has 8 heteroatoms. The van der Waals surface area contributed by atoms with Gasteiger partial charge in [0.05, 0.1) is 0 Å². The molecule has 0 saturated heterocycles. The van der Waals surface area contributed by atoms with Gasteiger partial charge in [0.2, 0.25) is 5.89 Å². The number of anilines is 1. The summed E-state index contributed by atoms with van der Waals surface area (Å²) in [5, 5.41) is 1.91. The van der Waals surface area contributed by atoms with Crippen LogP contribution in [0.15, 0.2) is 63.5 Å². The number of rotatable bonds is 2. The second-order valence-corrected chi connectivity index (χ2v) is 7.03. The topological polar surface area (TPSA) is 46.3 Å². The van der Waals surface area contributed by atoms with Gasteiger partial charge in [-0.3, -0.25) is 4.79 Å². The van der Waals surface area contributed by atoms with E-state index in [9.17, 15) is 18.0 Å². The molecule has 1 aromatic heterocycles. The molecule has 0 spiro atoms. The summed E-state index contributed by atoms with van der Waals surface area (Å²) in [5.74, 6) is -1.60. The lowest BCUT2D eigenvalue weighted by molar-refractivity contribution is -0.170. The average Bonchev–Trinajstić information content (AvgIpc) is 3.09. The van der Waals surface area contributed by atoms with E-state index in [1.54, 1.807) is 0 Å². The van der Waals surface area contributed by atoms with Crippen LogP contribution in [0.2, 0.25) is 0 Å². The highest BCUT2D eigenvalue weighted by molar-refractivity contribution is 9.10. The summed E-state index contributed by atoms with van der Waals surface area (Å²) in [5.41, 5.74) is 1.62. The SMILES string of the molecule is CN(C(=O)C(F)(F)F)c1ccc2oc(-c3cccc4c(Br)cccc34)nc2c1. The van der Waals surface area contributed by atoms with Crippen molar-refractivity contribution in [2.75, 3.05) is 11.9 Å². The lowest BCUT2D eigenvalue weighted by atomic mass is 10.0. The second-order valence-electron chi connectivity index (χ2n) is 6.17. The minimum atomic E-state index is -4.95. The van der Waals surface area contributed by atoms with E-state index in [0.717, 1.165) is 27.9 Å². The van der Waals surface area contributed by atoms with Crippen molar-refractivity contribution < 1.29 is 22.4 Å². The zero-order chi connectivity index (χ0) is 20.1. The van der Waals surface area contributed by atoms with Crippen LogP contribution in [0.5, 0.6) is 0 Å². The van der Waals surface area contributed by atoms with Crippen molar-refractivity contribution in [1.82, 2.24) is 4.98 Å². The van der Waals surface area contributed by atoms with Crippen LogP contribution in [-0.2, 0) is 4.79 Å². The standard InChI is InChI=1S/C20H12BrF3N2O2/c1-26(19(27)20(22,23)24)11-8-9-17-16(10-11)25-18(28-17)14-6-2-5-13-12(14)4-3-7-15(13)21/h2-10H,1H3. The van der Waals surface area contributed by atoms with Crippen molar-refractivity contribution in [3.05, 3.63) is 59.1 Å². The summed E-state index contributed by atoms with van der Waals surface area (Å²) in [6.07, 6.45) is -4.95. The van der Waals surface area contributed by atoms with E-state index in [0.29, 0.717) is 21.9 Å². The van der Waals surface area contributed by atoms with Gasteiger partial charge in [-0.15, -0.1) is 0 Å². The Balaban J connectivity index is 1.80. The molecule has 0 unspecified atom stereocenters. The smallest absolute Gasteiger partial charge is 0.436 e. The number of carbonyl (C=O) groups is 1. The average molecular weight is 449 g/mol. The van der Waals surface area contributed by atoms with Crippen LogP contribution >= 0.6 is 15.9 Å². The molecular weight excluding hydrogens is 437 g/mol. The molecule has 0 aliphatic rings. The van der Waals surface area contributed by atoms with Crippen molar-refractivity contribution in [3.63, 3.8) is 0 Å². The maximum Gasteiger partial charge on any atom is 0.471 e. The number of alkyl halides is 3. The first-order valence-electron chi connectivity index (χ1n) is 8.19. The molecule has 0 fully saturated rings. The normalized spacial score (nSPS) is 11.9. The van der Waals surface area contributed by atoms with Gasteiger partial charge in [0.15, 0.2) is 5.58 Å². The molecule has 1 amide bonds. The third kappa shape index (κ3) is 3.13. The van der Waals surface area contributed by atoms with Gasteiger partial charge in [-0.25, -0.2) is 4.98 Å². The first kappa shape index (κ1) is 18.5. The van der Waals surface area contributed by atoms with E-state index in [1.807, 2.05) is 36.4 Å². The van der Waals surface area contributed by atoms with Crippen LogP contribution in [0.4, 0.5) is 18.9 Å². The summed E-state index contributed by atoms with van der Waals surface area (Å²) in [6.45, 7) is 0. The van der Waals surface area contributed by atoms with Gasteiger partial charge in [-0.1, -0.05) is 40.2 Å². The Morgan fingerprint density at radius 1 is 1.07 bits per heavy atom. The minimum Gasteiger partial charge on any atom is -0.436 e. The third-order valence-corrected chi connectivity index (χ3v) is 5.10. The number of hydrogen-bond acceptors (Lipinski definition) is 3. The third-order valence-electron chi connectivity index (χ3n) is 4.40. The fourth-order valence-corrected chi connectivity index (χ4v) is 3.50. The van der Waals surface area contributed by atoms with Gasteiger partial charge in [0.25, 0.3) is 0 Å². The molecule has 28 heavy (non-hydrogen) atoms. The quantitative estimate of drug-likeness (QED) is 0.381. The van der Waals surface area contributed by atoms with Gasteiger partial charge < -0.3 is 9.32 Å². The van der Waals surface area contributed by atoms with Crippen LogP contribution in [-0.4, -0.2) is 24.1 Å². The monoisotopic (exact) mass is 448 g/mol. The first-order chi connectivity index (χ1) is 13.3. The van der Waals surface area contributed by atoms with Gasteiger partial charge in [0, 0.05) is 22.8 Å². The number of nitrogens with zero attached hydrogens (tertiary/aromatic N) is 2. The number of fused-ring (bicyclic) bond motifs is 2. The molecule has 3 aromatic carbocycles. The molecule has 0 saturated carbocycles. The van der Waals surface area contributed by atoms with Crippen molar-refractivity contribution >= 4 is 49.4 Å². The van der Waals surface area contributed by atoms with E-state index in [2.05, 4.69) is 20.9 Å². The Kier molecular flexibility index (Phi) is 4.38. The number of carbonyl (C=O) groups excluding carboxylic acids is 1. The van der Waals surface area contributed by atoms with Crippen LogP contribution in [0.3, 0.4) is 0 Å². The summed E-state index contributed by atoms with van der Waals surface area (Å²) in [6, 6.07) is 15.7. The maximum atomic E-state index is 12.7. The molecule has 4 nitrogen and oxygen atoms in total. The predicted molar refractivity (Wildman–Crippen MR) is 104 cm³/mol. The molecule has 0 bridgehead atoms. The zero-order valence-corrected chi connectivity index (χ0v) is 16.0. The zero-order valence-electron chi connectivity index (χ0n) is 14.4. The van der Waals surface area contributed by atoms with Crippen molar-refractivity contribution in [3.8, 4) is 11.5 Å². The van der Waals surface area contributed by atoms with Crippen LogP contribution < -0.4 is 4.90 Å². The number of amides is 1. The lowest BCUT2D eigenvalue weighted by Gasteiger charge is -2.18. The summed E-state index contributed by atoms with van der Waals surface area (Å²) < 4.78 is 44.8. The molecule has 4 rings (SSSR count). The molecule has 0 radical (unpaired) electrons. The number of aromatic nitrogens is 1. The number of oxazole rings is 1. The Labute approximate surface area is 165 Å². The van der Waals surface area contributed by atoms with E-state index in [1.165, 1.54) is 18.2 Å². The minimum absolute atomic E-state index is 0.0790. The highest BCUT2D eigenvalue weighted by Gasteiger charge is 2.41. The number of hydrogen-bond donors (Lipinski definition) is 0. The summed E-state index contributed by atoms with van der Waals surface area (Å²) in [7, 11) is 1.07. The van der Waals surface area contributed by atoms with Gasteiger partial charge >= 0.3 is 12.1 Å². The van der Waals surface area contributed by atoms with E-state index in [4.69, 9.17) is 4.42 Å². The predicted octanol–water partition coefficient (Wildman–Crippen LogP) is 5.94. The molecule has 0 atom stereocenters. The van der Waals surface area contributed by atoms with Crippen LogP contribution in [0.25, 0.3) is 33.3 Å². The first-order valence-corrected chi connectivity index (χ1v) is 8.98. The molecule has 4 aromatic rings. The van der Waals surface area contributed by atoms with E-state index < -0.39 is 12.1 Å². The van der Waals surface area contributed by atoms with Crippen LogP contribution in [0.1, 0.15) is 0 Å². The molecule has 0 N–H and O–H groups in total. The Bertz CT molecular complexity index is 1220. The Morgan fingerprint density at radius 2 is 1.79 bits per heavy atom. The highest BCUT2D eigenvalue weighted by atomic mass is 79.9. The number of halogens is 4. The fourth-order valence-electron chi connectivity index (χ4n) is 3.01. The van der Waals surface area contributed by atoms with Crippen molar-refractivity contribution in [2.24, 2.45) is 0 Å². The Hall–Kier alpha value is -2.87. The highest BCUT2D eigenvalue weighted by Crippen LogP contribution is 2.34. The largest absolute Gasteiger partial charge is 0.471 e. The maximum absolute atomic E-state index is 12.7. The fraction of sp³-hybridized carbons (Fsp3) is 0.100. The molecule has 142 valence electrons. The molecule has 1 heterocycles. The van der Waals surface area contributed by atoms with Gasteiger partial charge in [-0.05, 0) is 41.1 Å². The molecule has 0 aliphatic heterocycles. The van der Waals surface area contributed by atoms with Crippen LogP contribution in [0, 0.1) is 0 Å². The van der Waals surface area contributed by atoms with E-state index in [-0.39, 0.29) is 5.69 Å². The number of benzene rings is 3. The van der Waals surface area contributed by atoms with Crippen molar-refractivity contribution in [2.45, 2.75) is 6.18 Å². The summed E-state index contributed by atoms with van der Waals surface area (Å²) in [4.78, 5) is 16.4. The molecular formula is C20H12BrF3N2O2. The lowest BCUT2D eigenvalue weighted by Crippen LogP contribution is -2.38.